The molecule has 8 heteroatoms. The molecule has 0 fully saturated rings. The van der Waals surface area contributed by atoms with Crippen LogP contribution in [-0.4, -0.2) is 74.0 Å². The predicted molar refractivity (Wildman–Crippen MR) is 66.0 cm³/mol. The van der Waals surface area contributed by atoms with E-state index < -0.39 is 49.2 Å². The van der Waals surface area contributed by atoms with Crippen LogP contribution in [0.15, 0.2) is 0 Å². The van der Waals surface area contributed by atoms with Crippen LogP contribution in [0.1, 0.15) is 12.8 Å². The molecule has 0 unspecified atom stereocenters. The van der Waals surface area contributed by atoms with Gasteiger partial charge in [0.25, 0.3) is 0 Å². The monoisotopic (exact) mass is 292 g/mol. The summed E-state index contributed by atoms with van der Waals surface area (Å²) in [5.41, 5.74) is -1.85. The lowest BCUT2D eigenvalue weighted by Crippen LogP contribution is -2.47. The van der Waals surface area contributed by atoms with E-state index in [1.165, 1.54) is 7.11 Å². The van der Waals surface area contributed by atoms with Crippen molar-refractivity contribution in [3.63, 3.8) is 0 Å². The topological polar surface area (TPSA) is 119 Å². The summed E-state index contributed by atoms with van der Waals surface area (Å²) in [5.74, 6) is -2.28. The SMILES string of the molecule is COCCOC(CC(=O)CO)(CC(=O)CO)C(=O)OC. The van der Waals surface area contributed by atoms with Crippen LogP contribution in [0.2, 0.25) is 0 Å². The van der Waals surface area contributed by atoms with Gasteiger partial charge in [-0.15, -0.1) is 0 Å². The van der Waals surface area contributed by atoms with Crippen LogP contribution in [-0.2, 0) is 28.6 Å². The molecule has 0 bridgehead atoms. The zero-order valence-corrected chi connectivity index (χ0v) is 11.6. The number of rotatable bonds is 11. The van der Waals surface area contributed by atoms with Crippen molar-refractivity contribution in [3.05, 3.63) is 0 Å². The lowest BCUT2D eigenvalue weighted by Gasteiger charge is -2.29. The molecule has 0 saturated heterocycles. The first-order chi connectivity index (χ1) is 9.45. The van der Waals surface area contributed by atoms with Crippen molar-refractivity contribution >= 4 is 17.5 Å². The van der Waals surface area contributed by atoms with E-state index >= 15 is 0 Å². The quantitative estimate of drug-likeness (QED) is 0.347. The number of aliphatic hydroxyl groups is 2. The molecule has 0 amide bonds. The Bertz CT molecular complexity index is 320. The van der Waals surface area contributed by atoms with Gasteiger partial charge in [0, 0.05) is 20.0 Å². The van der Waals surface area contributed by atoms with E-state index in [1.807, 2.05) is 0 Å². The Morgan fingerprint density at radius 3 is 1.80 bits per heavy atom. The van der Waals surface area contributed by atoms with Gasteiger partial charge in [-0.05, 0) is 0 Å². The summed E-state index contributed by atoms with van der Waals surface area (Å²) in [5, 5.41) is 17.6. The number of carbonyl (C=O) groups is 3. The number of methoxy groups -OCH3 is 2. The molecule has 0 aromatic heterocycles. The molecule has 0 spiro atoms. The first-order valence-corrected chi connectivity index (χ1v) is 5.92. The molecule has 0 rings (SSSR count). The Kier molecular flexibility index (Phi) is 8.89. The molecule has 0 aromatic carbocycles. The van der Waals surface area contributed by atoms with Gasteiger partial charge < -0.3 is 24.4 Å². The minimum absolute atomic E-state index is 0.0526. The van der Waals surface area contributed by atoms with E-state index in [2.05, 4.69) is 4.74 Å². The Labute approximate surface area is 116 Å². The number of ketones is 2. The summed E-state index contributed by atoms with van der Waals surface area (Å²) in [6, 6.07) is 0. The summed E-state index contributed by atoms with van der Waals surface area (Å²) in [6.45, 7) is -1.50. The molecule has 20 heavy (non-hydrogen) atoms. The number of esters is 1. The van der Waals surface area contributed by atoms with Crippen molar-refractivity contribution in [1.82, 2.24) is 0 Å². The van der Waals surface area contributed by atoms with Gasteiger partial charge in [0.15, 0.2) is 17.2 Å². The maximum atomic E-state index is 11.9. The summed E-state index contributed by atoms with van der Waals surface area (Å²) >= 11 is 0. The lowest BCUT2D eigenvalue weighted by molar-refractivity contribution is -0.177. The second-order valence-corrected chi connectivity index (χ2v) is 4.07. The molecule has 0 atom stereocenters. The fraction of sp³-hybridized carbons (Fsp3) is 0.750. The number of hydrogen-bond donors (Lipinski definition) is 2. The third-order valence-corrected chi connectivity index (χ3v) is 2.54. The molecule has 2 N–H and O–H groups in total. The Morgan fingerprint density at radius 1 is 0.950 bits per heavy atom. The fourth-order valence-electron chi connectivity index (χ4n) is 1.62. The molecular weight excluding hydrogens is 272 g/mol. The highest BCUT2D eigenvalue weighted by atomic mass is 16.6. The number of carbonyl (C=O) groups excluding carboxylic acids is 3. The summed E-state index contributed by atoms with van der Waals surface area (Å²) in [6.07, 6.45) is -1.04. The van der Waals surface area contributed by atoms with Crippen molar-refractivity contribution in [2.75, 3.05) is 40.6 Å². The Morgan fingerprint density at radius 2 is 1.45 bits per heavy atom. The summed E-state index contributed by atoms with van der Waals surface area (Å²) in [4.78, 5) is 34.7. The largest absolute Gasteiger partial charge is 0.467 e. The number of ether oxygens (including phenoxy) is 3. The van der Waals surface area contributed by atoms with E-state index in [0.29, 0.717) is 0 Å². The minimum Gasteiger partial charge on any atom is -0.467 e. The van der Waals surface area contributed by atoms with Gasteiger partial charge in [-0.3, -0.25) is 9.59 Å². The van der Waals surface area contributed by atoms with Crippen molar-refractivity contribution < 1.29 is 38.8 Å². The van der Waals surface area contributed by atoms with Gasteiger partial charge in [-0.25, -0.2) is 4.79 Å². The van der Waals surface area contributed by atoms with E-state index in [4.69, 9.17) is 19.7 Å². The Hall–Kier alpha value is -1.35. The zero-order valence-electron chi connectivity index (χ0n) is 11.6. The van der Waals surface area contributed by atoms with Gasteiger partial charge in [0.2, 0.25) is 0 Å². The van der Waals surface area contributed by atoms with E-state index in [0.717, 1.165) is 7.11 Å². The number of hydrogen-bond acceptors (Lipinski definition) is 8. The highest BCUT2D eigenvalue weighted by Crippen LogP contribution is 2.24. The maximum Gasteiger partial charge on any atom is 0.339 e. The van der Waals surface area contributed by atoms with Crippen LogP contribution in [0.4, 0.5) is 0 Å². The van der Waals surface area contributed by atoms with Crippen LogP contribution >= 0.6 is 0 Å². The normalized spacial score (nSPS) is 11.2. The number of Topliss-reactive ketones (excluding diaryl/α,β-unsaturated/α-hetero) is 2. The van der Waals surface area contributed by atoms with Crippen molar-refractivity contribution in [2.24, 2.45) is 0 Å². The molecule has 0 aliphatic heterocycles. The van der Waals surface area contributed by atoms with Crippen LogP contribution in [0, 0.1) is 0 Å². The van der Waals surface area contributed by atoms with Crippen molar-refractivity contribution in [1.29, 1.82) is 0 Å². The minimum atomic E-state index is -1.85. The number of aliphatic hydroxyl groups excluding tert-OH is 2. The first-order valence-electron chi connectivity index (χ1n) is 5.92. The zero-order chi connectivity index (χ0) is 15.6. The van der Waals surface area contributed by atoms with E-state index in [-0.39, 0.29) is 13.2 Å². The lowest BCUT2D eigenvalue weighted by atomic mass is 9.90. The first kappa shape index (κ1) is 18.7. The molecule has 0 aliphatic carbocycles. The smallest absolute Gasteiger partial charge is 0.339 e. The van der Waals surface area contributed by atoms with Crippen LogP contribution in [0.25, 0.3) is 0 Å². The highest BCUT2D eigenvalue weighted by molar-refractivity contribution is 5.94. The fourth-order valence-corrected chi connectivity index (χ4v) is 1.62. The molecule has 0 aromatic rings. The van der Waals surface area contributed by atoms with E-state index in [1.54, 1.807) is 0 Å². The van der Waals surface area contributed by atoms with Crippen molar-refractivity contribution in [2.45, 2.75) is 18.4 Å². The second kappa shape index (κ2) is 9.54. The maximum absolute atomic E-state index is 11.9. The molecule has 0 saturated carbocycles. The van der Waals surface area contributed by atoms with Gasteiger partial charge in [-0.2, -0.15) is 0 Å². The van der Waals surface area contributed by atoms with Gasteiger partial charge >= 0.3 is 5.97 Å². The van der Waals surface area contributed by atoms with Crippen LogP contribution in [0.3, 0.4) is 0 Å². The van der Waals surface area contributed by atoms with Crippen molar-refractivity contribution in [3.8, 4) is 0 Å². The second-order valence-electron chi connectivity index (χ2n) is 4.07. The summed E-state index contributed by atoms with van der Waals surface area (Å²) in [7, 11) is 2.50. The standard InChI is InChI=1S/C12H20O8/c1-18-3-4-20-12(11(17)19-2,5-9(15)7-13)6-10(16)8-14/h13-14H,3-8H2,1-2H3. The average molecular weight is 292 g/mol. The van der Waals surface area contributed by atoms with Gasteiger partial charge in [-0.1, -0.05) is 0 Å². The molecule has 0 aliphatic rings. The summed E-state index contributed by atoms with van der Waals surface area (Å²) < 4.78 is 14.6. The third-order valence-electron chi connectivity index (χ3n) is 2.54. The third kappa shape index (κ3) is 5.74. The van der Waals surface area contributed by atoms with E-state index in [9.17, 15) is 14.4 Å². The Balaban J connectivity index is 5.20. The molecule has 0 radical (unpaired) electrons. The van der Waals surface area contributed by atoms with Crippen LogP contribution in [0.5, 0.6) is 0 Å². The average Bonchev–Trinajstić information content (AvgIpc) is 2.45. The highest BCUT2D eigenvalue weighted by Gasteiger charge is 2.44. The molecule has 116 valence electrons. The van der Waals surface area contributed by atoms with Gasteiger partial charge in [0.05, 0.1) is 20.3 Å². The molecule has 8 nitrogen and oxygen atoms in total. The molecule has 0 heterocycles. The predicted octanol–water partition coefficient (Wildman–Crippen LogP) is -1.54. The van der Waals surface area contributed by atoms with Crippen LogP contribution < -0.4 is 0 Å². The van der Waals surface area contributed by atoms with Gasteiger partial charge in [0.1, 0.15) is 13.2 Å². The molecular formula is C12H20O8.